The van der Waals surface area contributed by atoms with Crippen LogP contribution in [-0.4, -0.2) is 14.3 Å². The standard InChI is InChI=1S/C22H20BrNO3S/c1-3-17-10-12-18(13-11-17)24(22(25)20-6-4-5-7-21(20)23)28(26,27)19-14-8-16(2)9-15-19/h4-15H,3H2,1-2H3. The molecule has 0 bridgehead atoms. The van der Waals surface area contributed by atoms with Crippen molar-refractivity contribution in [3.05, 3.63) is 94.0 Å². The second-order valence-electron chi connectivity index (χ2n) is 6.39. The summed E-state index contributed by atoms with van der Waals surface area (Å²) in [6.45, 7) is 3.89. The number of anilines is 1. The minimum absolute atomic E-state index is 0.0677. The summed E-state index contributed by atoms with van der Waals surface area (Å²) in [5, 5.41) is 0. The second-order valence-corrected chi connectivity index (χ2v) is 9.03. The summed E-state index contributed by atoms with van der Waals surface area (Å²) in [5.74, 6) is -0.614. The number of amides is 1. The van der Waals surface area contributed by atoms with Crippen molar-refractivity contribution in [2.24, 2.45) is 0 Å². The Morgan fingerprint density at radius 3 is 2.11 bits per heavy atom. The van der Waals surface area contributed by atoms with Crippen molar-refractivity contribution in [3.8, 4) is 0 Å². The first-order valence-corrected chi connectivity index (χ1v) is 11.1. The molecule has 3 aromatic rings. The van der Waals surface area contributed by atoms with Crippen LogP contribution in [0.3, 0.4) is 0 Å². The summed E-state index contributed by atoms with van der Waals surface area (Å²) in [7, 11) is -4.09. The molecule has 144 valence electrons. The van der Waals surface area contributed by atoms with Crippen molar-refractivity contribution in [2.75, 3.05) is 4.31 Å². The molecule has 0 spiro atoms. The highest BCUT2D eigenvalue weighted by molar-refractivity contribution is 9.10. The maximum Gasteiger partial charge on any atom is 0.273 e. The van der Waals surface area contributed by atoms with Gasteiger partial charge in [-0.05, 0) is 71.2 Å². The van der Waals surface area contributed by atoms with Gasteiger partial charge in [0.1, 0.15) is 0 Å². The molecule has 28 heavy (non-hydrogen) atoms. The van der Waals surface area contributed by atoms with Gasteiger partial charge in [0, 0.05) is 4.47 Å². The van der Waals surface area contributed by atoms with E-state index in [2.05, 4.69) is 15.9 Å². The molecule has 1 amide bonds. The van der Waals surface area contributed by atoms with E-state index >= 15 is 0 Å². The summed E-state index contributed by atoms with van der Waals surface area (Å²) in [4.78, 5) is 13.4. The van der Waals surface area contributed by atoms with Gasteiger partial charge in [0.15, 0.2) is 0 Å². The molecule has 6 heteroatoms. The van der Waals surface area contributed by atoms with Crippen LogP contribution in [0.15, 0.2) is 82.2 Å². The molecular formula is C22H20BrNO3S. The number of halogens is 1. The molecule has 3 rings (SSSR count). The minimum Gasteiger partial charge on any atom is -0.268 e. The van der Waals surface area contributed by atoms with E-state index in [-0.39, 0.29) is 10.5 Å². The van der Waals surface area contributed by atoms with Gasteiger partial charge in [0.2, 0.25) is 0 Å². The summed E-state index contributed by atoms with van der Waals surface area (Å²) in [6, 6.07) is 20.3. The monoisotopic (exact) mass is 457 g/mol. The Kier molecular flexibility index (Phi) is 6.01. The van der Waals surface area contributed by atoms with Crippen LogP contribution in [-0.2, 0) is 16.4 Å². The molecule has 0 unspecified atom stereocenters. The number of carbonyl (C=O) groups is 1. The zero-order chi connectivity index (χ0) is 20.3. The zero-order valence-electron chi connectivity index (χ0n) is 15.6. The predicted octanol–water partition coefficient (Wildman–Crippen LogP) is 5.36. The first-order valence-electron chi connectivity index (χ1n) is 8.84. The fourth-order valence-corrected chi connectivity index (χ4v) is 4.65. The number of rotatable bonds is 5. The van der Waals surface area contributed by atoms with Crippen molar-refractivity contribution in [1.82, 2.24) is 0 Å². The van der Waals surface area contributed by atoms with Gasteiger partial charge < -0.3 is 0 Å². The van der Waals surface area contributed by atoms with Crippen LogP contribution >= 0.6 is 15.9 Å². The van der Waals surface area contributed by atoms with Crippen molar-refractivity contribution in [1.29, 1.82) is 0 Å². The van der Waals surface area contributed by atoms with Gasteiger partial charge >= 0.3 is 0 Å². The summed E-state index contributed by atoms with van der Waals surface area (Å²) >= 11 is 3.35. The van der Waals surface area contributed by atoms with E-state index in [0.29, 0.717) is 10.2 Å². The molecule has 0 N–H and O–H groups in total. The van der Waals surface area contributed by atoms with E-state index in [1.165, 1.54) is 12.1 Å². The number of hydrogen-bond donors (Lipinski definition) is 0. The molecule has 0 fully saturated rings. The van der Waals surface area contributed by atoms with Gasteiger partial charge in [-0.15, -0.1) is 0 Å². The lowest BCUT2D eigenvalue weighted by Crippen LogP contribution is -2.37. The third-order valence-electron chi connectivity index (χ3n) is 4.43. The third-order valence-corrected chi connectivity index (χ3v) is 6.84. The summed E-state index contributed by atoms with van der Waals surface area (Å²) in [6.07, 6.45) is 0.823. The van der Waals surface area contributed by atoms with Crippen molar-refractivity contribution in [2.45, 2.75) is 25.2 Å². The lowest BCUT2D eigenvalue weighted by Gasteiger charge is -2.23. The molecule has 4 nitrogen and oxygen atoms in total. The van der Waals surface area contributed by atoms with Crippen LogP contribution < -0.4 is 4.31 Å². The van der Waals surface area contributed by atoms with Crippen LogP contribution in [0.25, 0.3) is 0 Å². The van der Waals surface area contributed by atoms with E-state index in [0.717, 1.165) is 21.9 Å². The Hall–Kier alpha value is -2.44. The fourth-order valence-electron chi connectivity index (χ4n) is 2.79. The Balaban J connectivity index is 2.17. The highest BCUT2D eigenvalue weighted by atomic mass is 79.9. The van der Waals surface area contributed by atoms with Crippen molar-refractivity contribution < 1.29 is 13.2 Å². The van der Waals surface area contributed by atoms with Crippen molar-refractivity contribution in [3.63, 3.8) is 0 Å². The highest BCUT2D eigenvalue weighted by Crippen LogP contribution is 2.29. The Bertz CT molecular complexity index is 1090. The Labute approximate surface area is 174 Å². The molecule has 0 aromatic heterocycles. The summed E-state index contributed by atoms with van der Waals surface area (Å²) in [5.41, 5.74) is 2.58. The lowest BCUT2D eigenvalue weighted by atomic mass is 10.1. The number of hydrogen-bond acceptors (Lipinski definition) is 3. The van der Waals surface area contributed by atoms with E-state index in [1.807, 2.05) is 26.0 Å². The largest absolute Gasteiger partial charge is 0.273 e. The Morgan fingerprint density at radius 2 is 1.54 bits per heavy atom. The minimum atomic E-state index is -4.09. The van der Waals surface area contributed by atoms with Gasteiger partial charge in [-0.1, -0.05) is 48.9 Å². The molecule has 0 aliphatic heterocycles. The molecule has 3 aromatic carbocycles. The molecule has 0 saturated heterocycles. The van der Waals surface area contributed by atoms with Gasteiger partial charge in [0.05, 0.1) is 16.1 Å². The molecule has 0 atom stereocenters. The van der Waals surface area contributed by atoms with E-state index in [1.54, 1.807) is 48.5 Å². The average molecular weight is 458 g/mol. The van der Waals surface area contributed by atoms with Gasteiger partial charge in [0.25, 0.3) is 15.9 Å². The number of aryl methyl sites for hydroxylation is 2. The molecule has 0 aliphatic rings. The molecular weight excluding hydrogens is 438 g/mol. The fraction of sp³-hybridized carbons (Fsp3) is 0.136. The quantitative estimate of drug-likeness (QED) is 0.518. The first-order chi connectivity index (χ1) is 13.3. The second kappa shape index (κ2) is 8.29. The van der Waals surface area contributed by atoms with Gasteiger partial charge in [-0.25, -0.2) is 8.42 Å². The third kappa shape index (κ3) is 4.03. The molecule has 0 heterocycles. The number of nitrogens with zero attached hydrogens (tertiary/aromatic N) is 1. The zero-order valence-corrected chi connectivity index (χ0v) is 18.0. The van der Waals surface area contributed by atoms with Crippen LogP contribution in [0.4, 0.5) is 5.69 Å². The van der Waals surface area contributed by atoms with Gasteiger partial charge in [-0.3, -0.25) is 4.79 Å². The first kappa shape index (κ1) is 20.3. The average Bonchev–Trinajstić information content (AvgIpc) is 2.69. The molecule has 0 saturated carbocycles. The highest BCUT2D eigenvalue weighted by Gasteiger charge is 2.32. The number of benzene rings is 3. The molecule has 0 radical (unpaired) electrons. The van der Waals surface area contributed by atoms with Crippen LogP contribution in [0.5, 0.6) is 0 Å². The normalized spacial score (nSPS) is 11.2. The van der Waals surface area contributed by atoms with E-state index in [4.69, 9.17) is 0 Å². The van der Waals surface area contributed by atoms with Crippen LogP contribution in [0.1, 0.15) is 28.4 Å². The van der Waals surface area contributed by atoms with E-state index in [9.17, 15) is 13.2 Å². The van der Waals surface area contributed by atoms with E-state index < -0.39 is 15.9 Å². The Morgan fingerprint density at radius 1 is 0.929 bits per heavy atom. The predicted molar refractivity (Wildman–Crippen MR) is 115 cm³/mol. The maximum atomic E-state index is 13.4. The smallest absolute Gasteiger partial charge is 0.268 e. The van der Waals surface area contributed by atoms with Gasteiger partial charge in [-0.2, -0.15) is 4.31 Å². The SMILES string of the molecule is CCc1ccc(N(C(=O)c2ccccc2Br)S(=O)(=O)c2ccc(C)cc2)cc1. The summed E-state index contributed by atoms with van der Waals surface area (Å²) < 4.78 is 28.2. The number of sulfonamides is 1. The number of carbonyl (C=O) groups excluding carboxylic acids is 1. The maximum absolute atomic E-state index is 13.4. The topological polar surface area (TPSA) is 54.5 Å². The molecule has 0 aliphatic carbocycles. The van der Waals surface area contributed by atoms with Crippen LogP contribution in [0, 0.1) is 6.92 Å². The lowest BCUT2D eigenvalue weighted by molar-refractivity contribution is 0.100. The van der Waals surface area contributed by atoms with Crippen molar-refractivity contribution >= 4 is 37.5 Å². The van der Waals surface area contributed by atoms with Crippen LogP contribution in [0.2, 0.25) is 0 Å².